The van der Waals surface area contributed by atoms with Gasteiger partial charge in [0.25, 0.3) is 5.91 Å². The molecule has 2 amide bonds. The minimum absolute atomic E-state index is 0.00831. The highest BCUT2D eigenvalue weighted by molar-refractivity contribution is 5.94. The van der Waals surface area contributed by atoms with Crippen LogP contribution in [0.2, 0.25) is 0 Å². The summed E-state index contributed by atoms with van der Waals surface area (Å²) >= 11 is 0. The van der Waals surface area contributed by atoms with Crippen LogP contribution in [0.25, 0.3) is 0 Å². The number of nitrogens with zero attached hydrogens (tertiary/aromatic N) is 3. The second kappa shape index (κ2) is 16.0. The van der Waals surface area contributed by atoms with Crippen LogP contribution in [0.1, 0.15) is 60.0 Å². The maximum absolute atomic E-state index is 12.5. The van der Waals surface area contributed by atoms with Crippen LogP contribution >= 0.6 is 0 Å². The number of hydrogen-bond acceptors (Lipinski definition) is 8. The molecule has 0 aliphatic heterocycles. The number of rotatable bonds is 15. The van der Waals surface area contributed by atoms with Crippen molar-refractivity contribution in [3.8, 4) is 5.75 Å². The molecule has 4 N–H and O–H groups in total. The predicted octanol–water partition coefficient (Wildman–Crippen LogP) is 1.21. The number of carbonyl (C=O) groups is 2. The number of aromatic nitrogens is 3. The van der Waals surface area contributed by atoms with Crippen LogP contribution in [-0.4, -0.2) is 80.3 Å². The molecule has 0 bridgehead atoms. The molecular formula is C26H41N7O4. The van der Waals surface area contributed by atoms with Crippen LogP contribution < -0.4 is 26.0 Å². The molecule has 204 valence electrons. The number of nitrogens with one attached hydrogen (secondary N) is 4. The molecule has 1 aliphatic carbocycles. The van der Waals surface area contributed by atoms with Crippen molar-refractivity contribution in [2.75, 3.05) is 53.5 Å². The smallest absolute Gasteiger partial charge is 0.251 e. The van der Waals surface area contributed by atoms with Gasteiger partial charge < -0.3 is 30.7 Å². The fraction of sp³-hybridized carbons (Fsp3) is 0.615. The highest BCUT2D eigenvalue weighted by atomic mass is 16.5. The van der Waals surface area contributed by atoms with Gasteiger partial charge in [-0.05, 0) is 64.0 Å². The quantitative estimate of drug-likeness (QED) is 0.260. The first-order valence-corrected chi connectivity index (χ1v) is 13.2. The molecule has 1 aliphatic rings. The predicted molar refractivity (Wildman–Crippen MR) is 141 cm³/mol. The van der Waals surface area contributed by atoms with Gasteiger partial charge in [-0.3, -0.25) is 9.59 Å². The van der Waals surface area contributed by atoms with Crippen LogP contribution in [0, 0.1) is 0 Å². The average Bonchev–Trinajstić information content (AvgIpc) is 3.28. The van der Waals surface area contributed by atoms with E-state index in [4.69, 9.17) is 9.47 Å². The number of benzene rings is 1. The molecule has 1 aromatic carbocycles. The molecule has 0 fully saturated rings. The third-order valence-corrected chi connectivity index (χ3v) is 6.21. The zero-order valence-corrected chi connectivity index (χ0v) is 22.1. The summed E-state index contributed by atoms with van der Waals surface area (Å²) in [6.07, 6.45) is 5.37. The molecule has 11 heteroatoms. The lowest BCUT2D eigenvalue weighted by Crippen LogP contribution is -2.33. The second-order valence-corrected chi connectivity index (χ2v) is 9.08. The van der Waals surface area contributed by atoms with Crippen molar-refractivity contribution in [1.29, 1.82) is 0 Å². The Morgan fingerprint density at radius 3 is 2.59 bits per heavy atom. The van der Waals surface area contributed by atoms with Gasteiger partial charge in [0.1, 0.15) is 25.1 Å². The lowest BCUT2D eigenvalue weighted by Gasteiger charge is -2.22. The van der Waals surface area contributed by atoms with Gasteiger partial charge in [-0.2, -0.15) is 0 Å². The molecule has 1 atom stereocenters. The van der Waals surface area contributed by atoms with Gasteiger partial charge >= 0.3 is 0 Å². The maximum Gasteiger partial charge on any atom is 0.251 e. The maximum atomic E-state index is 12.5. The van der Waals surface area contributed by atoms with Gasteiger partial charge in [-0.15, -0.1) is 5.10 Å². The van der Waals surface area contributed by atoms with Crippen LogP contribution in [0.15, 0.2) is 24.3 Å². The van der Waals surface area contributed by atoms with E-state index in [9.17, 15) is 9.59 Å². The number of carbonyl (C=O) groups excluding carboxylic acids is 2. The molecular weight excluding hydrogens is 474 g/mol. The van der Waals surface area contributed by atoms with Crippen molar-refractivity contribution in [2.24, 2.45) is 0 Å². The molecule has 3 rings (SSSR count). The lowest BCUT2D eigenvalue weighted by atomic mass is 9.98. The minimum Gasteiger partial charge on any atom is -0.492 e. The second-order valence-electron chi connectivity index (χ2n) is 9.08. The van der Waals surface area contributed by atoms with Crippen LogP contribution in [0.4, 0.5) is 0 Å². The van der Waals surface area contributed by atoms with Gasteiger partial charge in [-0.25, -0.2) is 4.68 Å². The summed E-state index contributed by atoms with van der Waals surface area (Å²) in [5.74, 6) is 0.487. The number of likely N-dealkylation sites (N-methyl/N-ethyl adjacent to an activating group) is 2. The van der Waals surface area contributed by atoms with Crippen molar-refractivity contribution in [1.82, 2.24) is 36.3 Å². The summed E-state index contributed by atoms with van der Waals surface area (Å²) in [6, 6.07) is 7.14. The molecule has 1 unspecified atom stereocenters. The van der Waals surface area contributed by atoms with E-state index in [-0.39, 0.29) is 24.5 Å². The summed E-state index contributed by atoms with van der Waals surface area (Å²) in [6.45, 7) is 3.73. The summed E-state index contributed by atoms with van der Waals surface area (Å²) < 4.78 is 13.5. The summed E-state index contributed by atoms with van der Waals surface area (Å²) in [5.41, 5.74) is 2.50. The Hall–Kier alpha value is -3.02. The number of fused-ring (bicyclic) bond motifs is 1. The fourth-order valence-electron chi connectivity index (χ4n) is 4.21. The molecule has 11 nitrogen and oxygen atoms in total. The van der Waals surface area contributed by atoms with Crippen molar-refractivity contribution < 1.29 is 19.1 Å². The zero-order valence-electron chi connectivity index (χ0n) is 22.1. The highest BCUT2D eigenvalue weighted by Crippen LogP contribution is 2.29. The van der Waals surface area contributed by atoms with Crippen molar-refractivity contribution in [2.45, 2.75) is 51.2 Å². The van der Waals surface area contributed by atoms with E-state index in [1.54, 1.807) is 24.3 Å². The van der Waals surface area contributed by atoms with Crippen LogP contribution in [0.5, 0.6) is 5.75 Å². The van der Waals surface area contributed by atoms with E-state index in [0.717, 1.165) is 55.8 Å². The largest absolute Gasteiger partial charge is 0.492 e. The Morgan fingerprint density at radius 1 is 1.00 bits per heavy atom. The number of amides is 2. The standard InChI is InChI=1S/C26H41N7O4/c1-27-14-15-29-24(34)19-37-23-8-5-3-4-7-22-25(23)33(32-31-22)17-6-13-30-26(35)20-9-11-21(12-10-20)36-18-16-28-2/h9-12,23,27-28H,3-8,13-19H2,1-2H3,(H,29,34)(H,30,35). The Kier molecular flexibility index (Phi) is 12.3. The first-order chi connectivity index (χ1) is 18.1. The first-order valence-electron chi connectivity index (χ1n) is 13.2. The van der Waals surface area contributed by atoms with Crippen molar-refractivity contribution in [3.63, 3.8) is 0 Å². The first kappa shape index (κ1) is 28.5. The van der Waals surface area contributed by atoms with Crippen LogP contribution in [0.3, 0.4) is 0 Å². The monoisotopic (exact) mass is 515 g/mol. The highest BCUT2D eigenvalue weighted by Gasteiger charge is 2.25. The zero-order chi connectivity index (χ0) is 26.3. The topological polar surface area (TPSA) is 131 Å². The summed E-state index contributed by atoms with van der Waals surface area (Å²) in [5, 5.41) is 20.6. The number of ether oxygens (including phenoxy) is 2. The Balaban J connectivity index is 1.50. The molecule has 0 saturated carbocycles. The Labute approximate surface area is 219 Å². The Morgan fingerprint density at radius 2 is 1.81 bits per heavy atom. The van der Waals surface area contributed by atoms with Gasteiger partial charge in [0.2, 0.25) is 5.91 Å². The van der Waals surface area contributed by atoms with Crippen molar-refractivity contribution in [3.05, 3.63) is 41.2 Å². The minimum atomic E-state index is -0.219. The molecule has 0 saturated heterocycles. The number of aryl methyl sites for hydroxylation is 2. The third kappa shape index (κ3) is 9.42. The van der Waals surface area contributed by atoms with Crippen LogP contribution in [-0.2, 0) is 22.5 Å². The van der Waals surface area contributed by atoms with E-state index in [1.807, 2.05) is 18.8 Å². The lowest BCUT2D eigenvalue weighted by molar-refractivity contribution is -0.128. The molecule has 1 heterocycles. The third-order valence-electron chi connectivity index (χ3n) is 6.21. The van der Waals surface area contributed by atoms with Gasteiger partial charge in [0.15, 0.2) is 0 Å². The molecule has 0 radical (unpaired) electrons. The summed E-state index contributed by atoms with van der Waals surface area (Å²) in [7, 11) is 3.72. The van der Waals surface area contributed by atoms with Gasteiger partial charge in [0, 0.05) is 38.3 Å². The summed E-state index contributed by atoms with van der Waals surface area (Å²) in [4.78, 5) is 24.7. The number of hydrogen-bond donors (Lipinski definition) is 4. The van der Waals surface area contributed by atoms with E-state index in [2.05, 4.69) is 31.6 Å². The molecule has 37 heavy (non-hydrogen) atoms. The average molecular weight is 516 g/mol. The van der Waals surface area contributed by atoms with E-state index in [1.165, 1.54) is 0 Å². The fourth-order valence-corrected chi connectivity index (χ4v) is 4.21. The van der Waals surface area contributed by atoms with E-state index >= 15 is 0 Å². The molecule has 0 spiro atoms. The van der Waals surface area contributed by atoms with Crippen molar-refractivity contribution >= 4 is 11.8 Å². The SMILES string of the molecule is CNCCNC(=O)COC1CCCCCc2nnn(CCCNC(=O)c3ccc(OCCNC)cc3)c21. The van der Waals surface area contributed by atoms with Gasteiger partial charge in [0.05, 0.1) is 11.4 Å². The Bertz CT molecular complexity index is 964. The van der Waals surface area contributed by atoms with E-state index in [0.29, 0.717) is 44.8 Å². The van der Waals surface area contributed by atoms with Gasteiger partial charge in [-0.1, -0.05) is 18.1 Å². The normalized spacial score (nSPS) is 15.4. The molecule has 1 aromatic heterocycles. The van der Waals surface area contributed by atoms with E-state index < -0.39 is 0 Å². The molecule has 2 aromatic rings.